The first-order valence-electron chi connectivity index (χ1n) is 10.5. The normalized spacial score (nSPS) is 15.7. The average molecular weight is 486 g/mol. The fourth-order valence-electron chi connectivity index (χ4n) is 3.88. The van der Waals surface area contributed by atoms with Gasteiger partial charge >= 0.3 is 12.3 Å². The summed E-state index contributed by atoms with van der Waals surface area (Å²) in [5.41, 5.74) is 2.09. The second kappa shape index (κ2) is 10.1. The van der Waals surface area contributed by atoms with E-state index in [1.165, 1.54) is 17.0 Å². The summed E-state index contributed by atoms with van der Waals surface area (Å²) in [6.07, 6.45) is -2.55. The van der Waals surface area contributed by atoms with Gasteiger partial charge in [0.2, 0.25) is 0 Å². The van der Waals surface area contributed by atoms with Crippen LogP contribution in [0.2, 0.25) is 0 Å². The van der Waals surface area contributed by atoms with Crippen molar-refractivity contribution in [3.8, 4) is 11.3 Å². The molecular formula is C22H26F3N3O4S. The zero-order chi connectivity index (χ0) is 24.2. The van der Waals surface area contributed by atoms with Crippen molar-refractivity contribution in [3.05, 3.63) is 48.2 Å². The molecule has 180 valence electrons. The average Bonchev–Trinajstić information content (AvgIpc) is 2.76. The number of amides is 1. The number of nitrogens with zero attached hydrogens (tertiary/aromatic N) is 3. The SMILES string of the molecule is CS(=O)(=O)c1ccc(-c2ccc(CN(CCC(F)(F)F)C3CCN(C(=O)O)CC3)cn2)cc1. The Bertz CT molecular complexity index is 1050. The Hall–Kier alpha value is -2.66. The maximum absolute atomic E-state index is 12.9. The molecule has 0 saturated carbocycles. The molecule has 2 aromatic rings. The monoisotopic (exact) mass is 485 g/mol. The van der Waals surface area contributed by atoms with E-state index in [1.807, 2.05) is 0 Å². The lowest BCUT2D eigenvalue weighted by Crippen LogP contribution is -2.46. The van der Waals surface area contributed by atoms with Gasteiger partial charge < -0.3 is 10.0 Å². The van der Waals surface area contributed by atoms with Gasteiger partial charge in [0.25, 0.3) is 0 Å². The van der Waals surface area contributed by atoms with E-state index >= 15 is 0 Å². The Balaban J connectivity index is 1.71. The van der Waals surface area contributed by atoms with Crippen molar-refractivity contribution in [3.63, 3.8) is 0 Å². The number of sulfone groups is 1. The number of carbonyl (C=O) groups is 1. The molecule has 2 heterocycles. The van der Waals surface area contributed by atoms with Crippen LogP contribution in [0.4, 0.5) is 18.0 Å². The van der Waals surface area contributed by atoms with Crippen molar-refractivity contribution in [2.75, 3.05) is 25.9 Å². The number of pyridine rings is 1. The predicted molar refractivity (Wildman–Crippen MR) is 116 cm³/mol. The number of aromatic nitrogens is 1. The number of hydrogen-bond acceptors (Lipinski definition) is 5. The van der Waals surface area contributed by atoms with Gasteiger partial charge in [-0.3, -0.25) is 9.88 Å². The van der Waals surface area contributed by atoms with Crippen LogP contribution >= 0.6 is 0 Å². The van der Waals surface area contributed by atoms with Crippen molar-refractivity contribution in [2.24, 2.45) is 0 Å². The Labute approximate surface area is 190 Å². The molecule has 1 aliphatic heterocycles. The maximum Gasteiger partial charge on any atom is 0.407 e. The van der Waals surface area contributed by atoms with Crippen LogP contribution in [0.5, 0.6) is 0 Å². The van der Waals surface area contributed by atoms with Gasteiger partial charge in [0.15, 0.2) is 9.84 Å². The number of likely N-dealkylation sites (tertiary alicyclic amines) is 1. The van der Waals surface area contributed by atoms with E-state index in [0.717, 1.165) is 17.4 Å². The highest BCUT2D eigenvalue weighted by Crippen LogP contribution is 2.25. The molecule has 0 unspecified atom stereocenters. The van der Waals surface area contributed by atoms with Crippen molar-refractivity contribution in [1.29, 1.82) is 0 Å². The summed E-state index contributed by atoms with van der Waals surface area (Å²) >= 11 is 0. The molecule has 0 atom stereocenters. The first-order chi connectivity index (χ1) is 15.4. The summed E-state index contributed by atoms with van der Waals surface area (Å²) < 4.78 is 61.8. The quantitative estimate of drug-likeness (QED) is 0.636. The summed E-state index contributed by atoms with van der Waals surface area (Å²) in [7, 11) is -3.30. The van der Waals surface area contributed by atoms with Gasteiger partial charge in [0.1, 0.15) is 0 Å². The van der Waals surface area contributed by atoms with E-state index in [4.69, 9.17) is 5.11 Å². The lowest BCUT2D eigenvalue weighted by molar-refractivity contribution is -0.140. The Kier molecular flexibility index (Phi) is 7.63. The Morgan fingerprint density at radius 2 is 1.79 bits per heavy atom. The molecule has 1 N–H and O–H groups in total. The summed E-state index contributed by atoms with van der Waals surface area (Å²) in [6.45, 7) is 0.691. The van der Waals surface area contributed by atoms with Crippen molar-refractivity contribution < 1.29 is 31.5 Å². The number of benzene rings is 1. The smallest absolute Gasteiger partial charge is 0.407 e. The molecule has 0 aliphatic carbocycles. The predicted octanol–water partition coefficient (Wildman–Crippen LogP) is 4.05. The first-order valence-corrected chi connectivity index (χ1v) is 12.4. The molecule has 0 bridgehead atoms. The molecule has 3 rings (SSSR count). The van der Waals surface area contributed by atoms with Crippen LogP contribution in [-0.4, -0.2) is 72.5 Å². The third-order valence-electron chi connectivity index (χ3n) is 5.72. The zero-order valence-corrected chi connectivity index (χ0v) is 18.9. The summed E-state index contributed by atoms with van der Waals surface area (Å²) in [5, 5.41) is 9.11. The number of piperidine rings is 1. The van der Waals surface area contributed by atoms with Gasteiger partial charge in [-0.1, -0.05) is 18.2 Å². The summed E-state index contributed by atoms with van der Waals surface area (Å²) in [5.74, 6) is 0. The summed E-state index contributed by atoms with van der Waals surface area (Å²) in [6, 6.07) is 9.71. The minimum absolute atomic E-state index is 0.147. The second-order valence-electron chi connectivity index (χ2n) is 8.18. The van der Waals surface area contributed by atoms with E-state index in [9.17, 15) is 26.4 Å². The topological polar surface area (TPSA) is 90.8 Å². The molecule has 0 radical (unpaired) electrons. The van der Waals surface area contributed by atoms with E-state index in [0.29, 0.717) is 31.6 Å². The van der Waals surface area contributed by atoms with Crippen LogP contribution in [0.15, 0.2) is 47.5 Å². The van der Waals surface area contributed by atoms with Crippen molar-refractivity contribution in [1.82, 2.24) is 14.8 Å². The summed E-state index contributed by atoms with van der Waals surface area (Å²) in [4.78, 5) is 18.8. The van der Waals surface area contributed by atoms with E-state index < -0.39 is 28.5 Å². The maximum atomic E-state index is 12.9. The van der Waals surface area contributed by atoms with Gasteiger partial charge in [0, 0.05) is 50.2 Å². The highest BCUT2D eigenvalue weighted by Gasteiger charge is 2.32. The molecule has 7 nitrogen and oxygen atoms in total. The highest BCUT2D eigenvalue weighted by molar-refractivity contribution is 7.90. The fourth-order valence-corrected chi connectivity index (χ4v) is 4.51. The third-order valence-corrected chi connectivity index (χ3v) is 6.85. The first kappa shape index (κ1) is 25.0. The number of alkyl halides is 3. The molecule has 11 heteroatoms. The van der Waals surface area contributed by atoms with Gasteiger partial charge in [-0.2, -0.15) is 13.2 Å². The standard InChI is InChI=1S/C22H26F3N3O4S/c1-33(31,32)19-5-3-17(4-6-19)20-7-2-16(14-26-20)15-28(13-10-22(23,24)25)18-8-11-27(12-9-18)21(29)30/h2-7,14,18H,8-13,15H2,1H3,(H,29,30). The van der Waals surface area contributed by atoms with Crippen LogP contribution in [0.1, 0.15) is 24.8 Å². The van der Waals surface area contributed by atoms with Crippen LogP contribution in [0, 0.1) is 0 Å². The number of halogens is 3. The minimum Gasteiger partial charge on any atom is -0.465 e. The van der Waals surface area contributed by atoms with Crippen LogP contribution < -0.4 is 0 Å². The molecular weight excluding hydrogens is 459 g/mol. The lowest BCUT2D eigenvalue weighted by Gasteiger charge is -2.37. The Morgan fingerprint density at radius 1 is 1.15 bits per heavy atom. The molecule has 33 heavy (non-hydrogen) atoms. The number of rotatable bonds is 7. The van der Waals surface area contributed by atoms with E-state index in [2.05, 4.69) is 4.98 Å². The Morgan fingerprint density at radius 3 is 2.27 bits per heavy atom. The van der Waals surface area contributed by atoms with Gasteiger partial charge in [-0.15, -0.1) is 0 Å². The van der Waals surface area contributed by atoms with Gasteiger partial charge in [-0.25, -0.2) is 13.2 Å². The molecule has 1 aliphatic rings. The van der Waals surface area contributed by atoms with Crippen LogP contribution in [0.25, 0.3) is 11.3 Å². The second-order valence-corrected chi connectivity index (χ2v) is 10.2. The highest BCUT2D eigenvalue weighted by atomic mass is 32.2. The van der Waals surface area contributed by atoms with Crippen LogP contribution in [0.3, 0.4) is 0 Å². The van der Waals surface area contributed by atoms with Crippen LogP contribution in [-0.2, 0) is 16.4 Å². The fraction of sp³-hybridized carbons (Fsp3) is 0.455. The van der Waals surface area contributed by atoms with Gasteiger partial charge in [-0.05, 0) is 36.6 Å². The molecule has 1 amide bonds. The molecule has 1 aromatic heterocycles. The zero-order valence-electron chi connectivity index (χ0n) is 18.1. The lowest BCUT2D eigenvalue weighted by atomic mass is 10.0. The van der Waals surface area contributed by atoms with Crippen molar-refractivity contribution in [2.45, 2.75) is 42.9 Å². The molecule has 1 aromatic carbocycles. The minimum atomic E-state index is -4.28. The van der Waals surface area contributed by atoms with E-state index in [-0.39, 0.29) is 24.0 Å². The molecule has 0 spiro atoms. The van der Waals surface area contributed by atoms with Gasteiger partial charge in [0.05, 0.1) is 17.0 Å². The van der Waals surface area contributed by atoms with Crippen molar-refractivity contribution >= 4 is 15.9 Å². The largest absolute Gasteiger partial charge is 0.465 e. The van der Waals surface area contributed by atoms with E-state index in [1.54, 1.807) is 35.4 Å². The number of hydrogen-bond donors (Lipinski definition) is 1. The molecule has 1 fully saturated rings. The number of carboxylic acid groups (broad SMARTS) is 1. The third kappa shape index (κ3) is 7.16. The molecule has 1 saturated heterocycles.